The molecule has 0 spiro atoms. The van der Waals surface area contributed by atoms with Crippen molar-refractivity contribution in [3.63, 3.8) is 0 Å². The summed E-state index contributed by atoms with van der Waals surface area (Å²) in [6.07, 6.45) is 3.88. The summed E-state index contributed by atoms with van der Waals surface area (Å²) in [7, 11) is 4.11. The largest absolute Gasteiger partial charge is 0.378 e. The monoisotopic (exact) mass is 248 g/mol. The zero-order chi connectivity index (χ0) is 13.0. The van der Waals surface area contributed by atoms with Gasteiger partial charge in [-0.3, -0.25) is 0 Å². The standard InChI is InChI=1S/C15H24N2O/c1-17(2)13-8-6-12(7-9-13)14(11-16)15-5-3-4-10-18-15/h6-9,14-15H,3-5,10-11,16H2,1-2H3. The Hall–Kier alpha value is -1.06. The summed E-state index contributed by atoms with van der Waals surface area (Å²) in [5.41, 5.74) is 8.47. The fraction of sp³-hybridized carbons (Fsp3) is 0.600. The van der Waals surface area contributed by atoms with Gasteiger partial charge in [0.05, 0.1) is 6.10 Å². The van der Waals surface area contributed by atoms with E-state index in [1.165, 1.54) is 24.1 Å². The van der Waals surface area contributed by atoms with Crippen LogP contribution in [0.2, 0.25) is 0 Å². The normalized spacial score (nSPS) is 21.6. The van der Waals surface area contributed by atoms with E-state index in [4.69, 9.17) is 10.5 Å². The molecule has 0 aliphatic carbocycles. The van der Waals surface area contributed by atoms with Crippen LogP contribution in [0.4, 0.5) is 5.69 Å². The molecule has 1 heterocycles. The first kappa shape index (κ1) is 13.4. The van der Waals surface area contributed by atoms with Gasteiger partial charge in [-0.2, -0.15) is 0 Å². The molecule has 0 bridgehead atoms. The van der Waals surface area contributed by atoms with Crippen LogP contribution >= 0.6 is 0 Å². The lowest BCUT2D eigenvalue weighted by Gasteiger charge is -2.30. The summed E-state index contributed by atoms with van der Waals surface area (Å²) in [5.74, 6) is 0.335. The number of hydrogen-bond donors (Lipinski definition) is 1. The minimum absolute atomic E-state index is 0.300. The second kappa shape index (κ2) is 6.21. The van der Waals surface area contributed by atoms with Crippen molar-refractivity contribution in [2.45, 2.75) is 31.3 Å². The molecule has 2 rings (SSSR count). The smallest absolute Gasteiger partial charge is 0.0655 e. The summed E-state index contributed by atoms with van der Waals surface area (Å²) in [5, 5.41) is 0. The van der Waals surface area contributed by atoms with E-state index in [2.05, 4.69) is 43.3 Å². The number of rotatable bonds is 4. The molecule has 2 N–H and O–H groups in total. The minimum Gasteiger partial charge on any atom is -0.378 e. The van der Waals surface area contributed by atoms with E-state index in [0.29, 0.717) is 18.6 Å². The summed E-state index contributed by atoms with van der Waals surface area (Å²) in [6.45, 7) is 1.54. The van der Waals surface area contributed by atoms with E-state index in [0.717, 1.165) is 13.0 Å². The van der Waals surface area contributed by atoms with Gasteiger partial charge in [0.15, 0.2) is 0 Å². The van der Waals surface area contributed by atoms with Gasteiger partial charge in [-0.05, 0) is 37.0 Å². The Balaban J connectivity index is 2.11. The van der Waals surface area contributed by atoms with Crippen molar-refractivity contribution in [2.24, 2.45) is 5.73 Å². The van der Waals surface area contributed by atoms with Gasteiger partial charge in [-0.1, -0.05) is 12.1 Å². The first-order valence-electron chi connectivity index (χ1n) is 6.81. The Bertz CT molecular complexity index is 355. The molecule has 0 amide bonds. The Morgan fingerprint density at radius 3 is 2.50 bits per heavy atom. The maximum absolute atomic E-state index is 5.94. The Morgan fingerprint density at radius 2 is 2.00 bits per heavy atom. The molecular weight excluding hydrogens is 224 g/mol. The van der Waals surface area contributed by atoms with Crippen LogP contribution in [0.5, 0.6) is 0 Å². The molecule has 1 aliphatic rings. The molecule has 2 unspecified atom stereocenters. The van der Waals surface area contributed by atoms with Crippen LogP contribution in [0.15, 0.2) is 24.3 Å². The highest BCUT2D eigenvalue weighted by Crippen LogP contribution is 2.28. The molecule has 1 aromatic carbocycles. The molecule has 2 atom stereocenters. The van der Waals surface area contributed by atoms with E-state index < -0.39 is 0 Å². The average Bonchev–Trinajstić information content (AvgIpc) is 2.41. The third kappa shape index (κ3) is 3.03. The molecule has 1 saturated heterocycles. The third-order valence-electron chi connectivity index (χ3n) is 3.76. The van der Waals surface area contributed by atoms with Crippen molar-refractivity contribution in [3.05, 3.63) is 29.8 Å². The van der Waals surface area contributed by atoms with Crippen LogP contribution in [0.3, 0.4) is 0 Å². The Kier molecular flexibility index (Phi) is 4.61. The zero-order valence-corrected chi connectivity index (χ0v) is 11.4. The third-order valence-corrected chi connectivity index (χ3v) is 3.76. The number of benzene rings is 1. The van der Waals surface area contributed by atoms with Crippen molar-refractivity contribution in [1.82, 2.24) is 0 Å². The highest BCUT2D eigenvalue weighted by Gasteiger charge is 2.24. The van der Waals surface area contributed by atoms with Crippen LogP contribution in [0.1, 0.15) is 30.7 Å². The lowest BCUT2D eigenvalue weighted by atomic mass is 9.89. The highest BCUT2D eigenvalue weighted by molar-refractivity contribution is 5.46. The summed E-state index contributed by atoms with van der Waals surface area (Å²) in [4.78, 5) is 2.11. The maximum Gasteiger partial charge on any atom is 0.0655 e. The van der Waals surface area contributed by atoms with Gasteiger partial charge in [0.25, 0.3) is 0 Å². The Morgan fingerprint density at radius 1 is 1.28 bits per heavy atom. The fourth-order valence-electron chi connectivity index (χ4n) is 2.61. The van der Waals surface area contributed by atoms with Crippen molar-refractivity contribution >= 4 is 5.69 Å². The van der Waals surface area contributed by atoms with Gasteiger partial charge in [0, 0.05) is 38.9 Å². The highest BCUT2D eigenvalue weighted by atomic mass is 16.5. The molecule has 1 aliphatic heterocycles. The lowest BCUT2D eigenvalue weighted by Crippen LogP contribution is -2.31. The SMILES string of the molecule is CN(C)c1ccc(C(CN)C2CCCCO2)cc1. The second-order valence-electron chi connectivity index (χ2n) is 5.23. The molecule has 3 heteroatoms. The number of hydrogen-bond acceptors (Lipinski definition) is 3. The van der Waals surface area contributed by atoms with Gasteiger partial charge >= 0.3 is 0 Å². The van der Waals surface area contributed by atoms with Crippen LogP contribution in [0, 0.1) is 0 Å². The van der Waals surface area contributed by atoms with Gasteiger partial charge in [0.1, 0.15) is 0 Å². The molecule has 0 saturated carbocycles. The van der Waals surface area contributed by atoms with Crippen LogP contribution in [0.25, 0.3) is 0 Å². The fourth-order valence-corrected chi connectivity index (χ4v) is 2.61. The van der Waals surface area contributed by atoms with Crippen molar-refractivity contribution in [2.75, 3.05) is 32.1 Å². The summed E-state index contributed by atoms with van der Waals surface area (Å²) in [6, 6.07) is 8.68. The first-order valence-corrected chi connectivity index (χ1v) is 6.81. The van der Waals surface area contributed by atoms with Crippen molar-refractivity contribution in [1.29, 1.82) is 0 Å². The molecule has 100 valence electrons. The van der Waals surface area contributed by atoms with Gasteiger partial charge in [-0.15, -0.1) is 0 Å². The molecule has 1 fully saturated rings. The average molecular weight is 248 g/mol. The molecule has 3 nitrogen and oxygen atoms in total. The predicted molar refractivity (Wildman–Crippen MR) is 76.2 cm³/mol. The van der Waals surface area contributed by atoms with Crippen molar-refractivity contribution < 1.29 is 4.74 Å². The number of nitrogens with zero attached hydrogens (tertiary/aromatic N) is 1. The molecule has 0 radical (unpaired) electrons. The van der Waals surface area contributed by atoms with E-state index in [1.54, 1.807) is 0 Å². The van der Waals surface area contributed by atoms with Gasteiger partial charge in [0.2, 0.25) is 0 Å². The number of ether oxygens (including phenoxy) is 1. The second-order valence-corrected chi connectivity index (χ2v) is 5.23. The van der Waals surface area contributed by atoms with E-state index >= 15 is 0 Å². The first-order chi connectivity index (χ1) is 8.72. The number of anilines is 1. The zero-order valence-electron chi connectivity index (χ0n) is 11.4. The topological polar surface area (TPSA) is 38.5 Å². The summed E-state index contributed by atoms with van der Waals surface area (Å²) >= 11 is 0. The molecular formula is C15H24N2O. The maximum atomic E-state index is 5.94. The molecule has 18 heavy (non-hydrogen) atoms. The Labute approximate surface area is 110 Å². The van der Waals surface area contributed by atoms with E-state index in [-0.39, 0.29) is 0 Å². The predicted octanol–water partition coefficient (Wildman–Crippen LogP) is 2.36. The van der Waals surface area contributed by atoms with Crippen LogP contribution < -0.4 is 10.6 Å². The lowest BCUT2D eigenvalue weighted by molar-refractivity contribution is 0.000583. The van der Waals surface area contributed by atoms with Gasteiger partial charge < -0.3 is 15.4 Å². The van der Waals surface area contributed by atoms with E-state index in [9.17, 15) is 0 Å². The molecule has 1 aromatic rings. The van der Waals surface area contributed by atoms with Gasteiger partial charge in [-0.25, -0.2) is 0 Å². The quantitative estimate of drug-likeness (QED) is 0.889. The molecule has 0 aromatic heterocycles. The van der Waals surface area contributed by atoms with Crippen LogP contribution in [-0.2, 0) is 4.74 Å². The van der Waals surface area contributed by atoms with Crippen LogP contribution in [-0.4, -0.2) is 33.4 Å². The summed E-state index contributed by atoms with van der Waals surface area (Å²) < 4.78 is 5.87. The van der Waals surface area contributed by atoms with E-state index in [1.807, 2.05) is 0 Å². The van der Waals surface area contributed by atoms with Crippen molar-refractivity contribution in [3.8, 4) is 0 Å². The number of nitrogens with two attached hydrogens (primary N) is 1. The minimum atomic E-state index is 0.300.